The lowest BCUT2D eigenvalue weighted by Crippen LogP contribution is -2.32. The third kappa shape index (κ3) is 3.62. The molecule has 0 spiro atoms. The minimum absolute atomic E-state index is 0.0259. The monoisotopic (exact) mass is 389 g/mol. The Morgan fingerprint density at radius 3 is 2.74 bits per heavy atom. The van der Waals surface area contributed by atoms with Gasteiger partial charge in [0.15, 0.2) is 11.6 Å². The largest absolute Gasteiger partial charge is 0.593 e. The normalized spacial score (nSPS) is 21.9. The Hall–Kier alpha value is -1.87. The van der Waals surface area contributed by atoms with E-state index in [0.717, 1.165) is 25.7 Å². The fourth-order valence-electron chi connectivity index (χ4n) is 3.48. The van der Waals surface area contributed by atoms with Crippen molar-refractivity contribution in [3.05, 3.63) is 40.8 Å². The Balaban J connectivity index is 1.58. The van der Waals surface area contributed by atoms with Crippen LogP contribution in [0.3, 0.4) is 0 Å². The van der Waals surface area contributed by atoms with E-state index in [1.807, 2.05) is 4.31 Å². The molecule has 1 aliphatic carbocycles. The van der Waals surface area contributed by atoms with Crippen molar-refractivity contribution in [2.75, 3.05) is 13.1 Å². The van der Waals surface area contributed by atoms with Crippen molar-refractivity contribution >= 4 is 28.1 Å². The number of esters is 1. The van der Waals surface area contributed by atoms with Crippen molar-refractivity contribution in [1.82, 2.24) is 8.87 Å². The maximum absolute atomic E-state index is 12.9. The first-order valence-electron chi connectivity index (χ1n) is 9.26. The van der Waals surface area contributed by atoms with E-state index in [2.05, 4.69) is 0 Å². The molecule has 1 aromatic carbocycles. The van der Waals surface area contributed by atoms with Crippen molar-refractivity contribution in [2.24, 2.45) is 11.7 Å². The number of carbonyl (C=O) groups excluding carboxylic acids is 1. The first kappa shape index (κ1) is 18.5. The van der Waals surface area contributed by atoms with Gasteiger partial charge in [0.2, 0.25) is 0 Å². The molecule has 2 fully saturated rings. The third-order valence-electron chi connectivity index (χ3n) is 5.37. The number of nitrogens with zero attached hydrogens (tertiary/aromatic N) is 2. The van der Waals surface area contributed by atoms with Gasteiger partial charge in [-0.05, 0) is 37.5 Å². The highest BCUT2D eigenvalue weighted by Gasteiger charge is 2.31. The quantitative estimate of drug-likeness (QED) is 0.612. The maximum Gasteiger partial charge on any atom is 0.310 e. The summed E-state index contributed by atoms with van der Waals surface area (Å²) >= 11 is -1.36. The number of rotatable bonds is 5. The van der Waals surface area contributed by atoms with Gasteiger partial charge in [0, 0.05) is 24.2 Å². The van der Waals surface area contributed by atoms with E-state index >= 15 is 0 Å². The van der Waals surface area contributed by atoms with Crippen LogP contribution in [0.25, 0.3) is 10.8 Å². The number of aromatic nitrogens is 1. The minimum atomic E-state index is -1.36. The summed E-state index contributed by atoms with van der Waals surface area (Å²) in [5.41, 5.74) is 5.66. The second-order valence-electron chi connectivity index (χ2n) is 7.21. The molecule has 1 aromatic heterocycles. The number of fused-ring (bicyclic) bond motifs is 1. The lowest BCUT2D eigenvalue weighted by Gasteiger charge is -2.23. The molecule has 4 rings (SSSR count). The Labute approximate surface area is 160 Å². The molecule has 144 valence electrons. The predicted molar refractivity (Wildman–Crippen MR) is 102 cm³/mol. The summed E-state index contributed by atoms with van der Waals surface area (Å²) in [4.78, 5) is 25.3. The first-order valence-corrected chi connectivity index (χ1v) is 10.4. The predicted octanol–water partition coefficient (Wildman–Crippen LogP) is 1.36. The highest BCUT2D eigenvalue weighted by Crippen LogP contribution is 2.28. The highest BCUT2D eigenvalue weighted by atomic mass is 32.2. The van der Waals surface area contributed by atoms with Crippen LogP contribution < -0.4 is 11.3 Å². The molecular formula is C19H23N3O4S. The average Bonchev–Trinajstić information content (AvgIpc) is 3.05. The van der Waals surface area contributed by atoms with Crippen molar-refractivity contribution in [3.8, 4) is 0 Å². The Morgan fingerprint density at radius 1 is 1.26 bits per heavy atom. The molecule has 7 nitrogen and oxygen atoms in total. The van der Waals surface area contributed by atoms with E-state index < -0.39 is 11.4 Å². The number of hydrogen-bond acceptors (Lipinski definition) is 6. The zero-order valence-electron chi connectivity index (χ0n) is 15.0. The molecule has 1 aliphatic heterocycles. The van der Waals surface area contributed by atoms with Crippen LogP contribution in [-0.4, -0.2) is 38.5 Å². The second kappa shape index (κ2) is 7.63. The van der Waals surface area contributed by atoms with Crippen molar-refractivity contribution in [3.63, 3.8) is 0 Å². The van der Waals surface area contributed by atoms with E-state index in [1.54, 1.807) is 30.5 Å². The van der Waals surface area contributed by atoms with Gasteiger partial charge >= 0.3 is 5.97 Å². The van der Waals surface area contributed by atoms with Crippen LogP contribution >= 0.6 is 0 Å². The molecule has 1 saturated heterocycles. The lowest BCUT2D eigenvalue weighted by molar-refractivity contribution is -0.155. The molecule has 1 saturated carbocycles. The SMILES string of the molecule is NC1CCN([S+]([O-])c2cccc3c(=O)n(COC(=O)C4CCC4)ccc23)C1. The highest BCUT2D eigenvalue weighted by molar-refractivity contribution is 7.89. The maximum atomic E-state index is 12.9. The number of ether oxygens (including phenoxy) is 1. The Morgan fingerprint density at radius 2 is 2.07 bits per heavy atom. The smallest absolute Gasteiger partial charge is 0.310 e. The fraction of sp³-hybridized carbons (Fsp3) is 0.474. The van der Waals surface area contributed by atoms with Gasteiger partial charge in [-0.3, -0.25) is 14.2 Å². The summed E-state index contributed by atoms with van der Waals surface area (Å²) in [5, 5.41) is 1.12. The van der Waals surface area contributed by atoms with Gasteiger partial charge < -0.3 is 15.0 Å². The number of hydrogen-bond donors (Lipinski definition) is 1. The summed E-state index contributed by atoms with van der Waals surface area (Å²) in [7, 11) is 0. The zero-order valence-corrected chi connectivity index (χ0v) is 15.8. The van der Waals surface area contributed by atoms with Crippen LogP contribution in [0, 0.1) is 5.92 Å². The van der Waals surface area contributed by atoms with Gasteiger partial charge in [-0.25, -0.2) is 0 Å². The van der Waals surface area contributed by atoms with Gasteiger partial charge in [0.1, 0.15) is 0 Å². The minimum Gasteiger partial charge on any atom is -0.593 e. The third-order valence-corrected chi connectivity index (χ3v) is 6.91. The number of carbonyl (C=O) groups is 1. The van der Waals surface area contributed by atoms with Gasteiger partial charge in [0.25, 0.3) is 5.56 Å². The number of pyridine rings is 1. The molecule has 0 amide bonds. The first-order chi connectivity index (χ1) is 13.0. The molecule has 0 radical (unpaired) electrons. The summed E-state index contributed by atoms with van der Waals surface area (Å²) in [5.74, 6) is -0.268. The molecule has 8 heteroatoms. The second-order valence-corrected chi connectivity index (χ2v) is 8.67. The van der Waals surface area contributed by atoms with E-state index in [4.69, 9.17) is 10.5 Å². The Bertz CT molecular complexity index is 911. The molecule has 0 bridgehead atoms. The zero-order chi connectivity index (χ0) is 19.0. The number of benzene rings is 1. The molecule has 2 heterocycles. The molecular weight excluding hydrogens is 366 g/mol. The van der Waals surface area contributed by atoms with E-state index in [-0.39, 0.29) is 30.2 Å². The van der Waals surface area contributed by atoms with Gasteiger partial charge in [-0.15, -0.1) is 4.31 Å². The van der Waals surface area contributed by atoms with Crippen LogP contribution in [0.5, 0.6) is 0 Å². The molecule has 2 atom stereocenters. The topological polar surface area (TPSA) is 101 Å². The van der Waals surface area contributed by atoms with Crippen LogP contribution in [0.15, 0.2) is 40.2 Å². The summed E-state index contributed by atoms with van der Waals surface area (Å²) < 4.78 is 21.4. The van der Waals surface area contributed by atoms with E-state index in [9.17, 15) is 14.1 Å². The number of nitrogens with two attached hydrogens (primary N) is 1. The summed E-state index contributed by atoms with van der Waals surface area (Å²) in [6.07, 6.45) is 5.18. The van der Waals surface area contributed by atoms with Crippen molar-refractivity contribution < 1.29 is 14.1 Å². The van der Waals surface area contributed by atoms with E-state index in [0.29, 0.717) is 28.8 Å². The summed E-state index contributed by atoms with van der Waals surface area (Å²) in [6, 6.07) is 7.02. The van der Waals surface area contributed by atoms with Crippen LogP contribution in [-0.2, 0) is 27.6 Å². The van der Waals surface area contributed by atoms with Gasteiger partial charge in [0.05, 0.1) is 29.2 Å². The van der Waals surface area contributed by atoms with Crippen LogP contribution in [0.2, 0.25) is 0 Å². The molecule has 2 unspecified atom stereocenters. The van der Waals surface area contributed by atoms with E-state index in [1.165, 1.54) is 4.57 Å². The molecule has 2 N–H and O–H groups in total. The van der Waals surface area contributed by atoms with Gasteiger partial charge in [-0.2, -0.15) is 0 Å². The fourth-order valence-corrected chi connectivity index (χ4v) is 4.92. The Kier molecular flexibility index (Phi) is 5.23. The van der Waals surface area contributed by atoms with Gasteiger partial charge in [-0.1, -0.05) is 12.5 Å². The molecule has 27 heavy (non-hydrogen) atoms. The summed E-state index contributed by atoms with van der Waals surface area (Å²) in [6.45, 7) is 1.16. The lowest BCUT2D eigenvalue weighted by atomic mass is 9.86. The molecule has 2 aliphatic rings. The standard InChI is InChI=1S/C19H23N3O4S/c20-14-7-10-22(11-14)27(25)17-6-2-5-16-15(17)8-9-21(18(16)23)12-26-19(24)13-3-1-4-13/h2,5-6,8-9,13-14H,1,3-4,7,10-12,20H2. The van der Waals surface area contributed by atoms with Crippen LogP contribution in [0.1, 0.15) is 25.7 Å². The van der Waals surface area contributed by atoms with Crippen LogP contribution in [0.4, 0.5) is 0 Å². The van der Waals surface area contributed by atoms with Crippen molar-refractivity contribution in [2.45, 2.75) is 43.4 Å². The molecule has 2 aromatic rings. The van der Waals surface area contributed by atoms with Crippen molar-refractivity contribution in [1.29, 1.82) is 0 Å². The average molecular weight is 389 g/mol.